The molecule has 0 unspecified atom stereocenters. The van der Waals surface area contributed by atoms with Crippen molar-refractivity contribution in [1.29, 1.82) is 0 Å². The van der Waals surface area contributed by atoms with Crippen molar-refractivity contribution in [3.8, 4) is 11.5 Å². The zero-order valence-corrected chi connectivity index (χ0v) is 16.0. The summed E-state index contributed by atoms with van der Waals surface area (Å²) in [7, 11) is 0. The molecule has 1 amide bonds. The molecule has 1 N–H and O–H groups in total. The molecular weight excluding hydrogens is 364 g/mol. The van der Waals surface area contributed by atoms with Crippen LogP contribution in [-0.2, 0) is 17.9 Å². The molecule has 0 spiro atoms. The van der Waals surface area contributed by atoms with Gasteiger partial charge in [0.1, 0.15) is 11.3 Å². The van der Waals surface area contributed by atoms with Crippen LogP contribution in [0.5, 0.6) is 0 Å². The molecule has 1 fully saturated rings. The lowest BCUT2D eigenvalue weighted by Gasteiger charge is -2.26. The molecule has 0 saturated carbocycles. The van der Waals surface area contributed by atoms with Gasteiger partial charge in [0.2, 0.25) is 5.91 Å². The maximum Gasteiger partial charge on any atom is 0.234 e. The molecule has 1 aliphatic heterocycles. The average molecular weight is 386 g/mol. The largest absolute Gasteiger partial charge is 0.454 e. The number of rotatable bonds is 5. The van der Waals surface area contributed by atoms with Gasteiger partial charge in [0.25, 0.3) is 0 Å². The lowest BCUT2D eigenvalue weighted by atomic mass is 10.1. The highest BCUT2D eigenvalue weighted by Gasteiger charge is 2.21. The summed E-state index contributed by atoms with van der Waals surface area (Å²) in [4.78, 5) is 13.9. The van der Waals surface area contributed by atoms with Crippen molar-refractivity contribution in [2.45, 2.75) is 13.1 Å². The molecule has 1 saturated heterocycles. The molecule has 0 radical (unpaired) electrons. The fourth-order valence-corrected chi connectivity index (χ4v) is 3.80. The zero-order chi connectivity index (χ0) is 19.6. The summed E-state index contributed by atoms with van der Waals surface area (Å²) in [6, 6.07) is 20.3. The van der Waals surface area contributed by atoms with Crippen molar-refractivity contribution in [2.75, 3.05) is 19.6 Å². The van der Waals surface area contributed by atoms with E-state index in [0.29, 0.717) is 26.2 Å². The van der Waals surface area contributed by atoms with E-state index in [4.69, 9.17) is 9.52 Å². The van der Waals surface area contributed by atoms with Crippen LogP contribution in [0, 0.1) is 0 Å². The van der Waals surface area contributed by atoms with Gasteiger partial charge in [-0.15, -0.1) is 0 Å². The number of amides is 1. The molecule has 5 rings (SSSR count). The minimum absolute atomic E-state index is 0.0678. The van der Waals surface area contributed by atoms with Crippen LogP contribution >= 0.6 is 0 Å². The van der Waals surface area contributed by atoms with Gasteiger partial charge in [-0.3, -0.25) is 14.4 Å². The van der Waals surface area contributed by atoms with E-state index in [2.05, 4.69) is 28.5 Å². The van der Waals surface area contributed by atoms with Crippen molar-refractivity contribution >= 4 is 16.9 Å². The quantitative estimate of drug-likeness (QED) is 0.572. The van der Waals surface area contributed by atoms with Crippen LogP contribution in [0.4, 0.5) is 0 Å². The Bertz CT molecular complexity index is 1110. The molecule has 1 aliphatic rings. The first-order valence-corrected chi connectivity index (χ1v) is 9.83. The van der Waals surface area contributed by atoms with Gasteiger partial charge in [-0.2, -0.15) is 5.10 Å². The highest BCUT2D eigenvalue weighted by atomic mass is 16.3. The number of para-hydroxylation sites is 1. The van der Waals surface area contributed by atoms with Crippen LogP contribution in [0.25, 0.3) is 22.4 Å². The molecule has 2 aromatic carbocycles. The third kappa shape index (κ3) is 3.79. The Hall–Kier alpha value is -3.38. The van der Waals surface area contributed by atoms with E-state index in [1.807, 2.05) is 53.2 Å². The summed E-state index contributed by atoms with van der Waals surface area (Å²) >= 11 is 0. The van der Waals surface area contributed by atoms with Gasteiger partial charge in [-0.05, 0) is 17.7 Å². The fourth-order valence-electron chi connectivity index (χ4n) is 3.80. The number of carbonyl (C=O) groups is 1. The Labute approximate surface area is 168 Å². The number of carbonyl (C=O) groups excluding carboxylic acids is 1. The second-order valence-electron chi connectivity index (χ2n) is 7.40. The lowest BCUT2D eigenvalue weighted by molar-refractivity contribution is -0.124. The number of furan rings is 1. The SMILES string of the molecule is O=C1CN(Cc2cn(Cc3ccccc3)nc2-c2cc3ccccc3o2)CCN1. The van der Waals surface area contributed by atoms with Crippen molar-refractivity contribution in [1.82, 2.24) is 20.0 Å². The van der Waals surface area contributed by atoms with E-state index in [9.17, 15) is 4.79 Å². The Morgan fingerprint density at radius 3 is 2.69 bits per heavy atom. The Morgan fingerprint density at radius 1 is 1.03 bits per heavy atom. The maximum atomic E-state index is 11.8. The molecule has 6 nitrogen and oxygen atoms in total. The smallest absolute Gasteiger partial charge is 0.234 e. The average Bonchev–Trinajstić information content (AvgIpc) is 3.32. The van der Waals surface area contributed by atoms with Gasteiger partial charge >= 0.3 is 0 Å². The van der Waals surface area contributed by atoms with E-state index in [0.717, 1.165) is 34.5 Å². The highest BCUT2D eigenvalue weighted by Crippen LogP contribution is 2.30. The van der Waals surface area contributed by atoms with E-state index in [1.54, 1.807) is 0 Å². The van der Waals surface area contributed by atoms with E-state index < -0.39 is 0 Å². The summed E-state index contributed by atoms with van der Waals surface area (Å²) in [6.07, 6.45) is 2.07. The van der Waals surface area contributed by atoms with Gasteiger partial charge in [-0.1, -0.05) is 48.5 Å². The van der Waals surface area contributed by atoms with Gasteiger partial charge in [0.05, 0.1) is 13.1 Å². The van der Waals surface area contributed by atoms with E-state index in [1.165, 1.54) is 5.56 Å². The van der Waals surface area contributed by atoms with Crippen LogP contribution in [0.3, 0.4) is 0 Å². The predicted molar refractivity (Wildman–Crippen MR) is 111 cm³/mol. The summed E-state index contributed by atoms with van der Waals surface area (Å²) in [5, 5.41) is 8.79. The second-order valence-corrected chi connectivity index (χ2v) is 7.40. The molecule has 0 aliphatic carbocycles. The number of hydrogen-bond acceptors (Lipinski definition) is 4. The number of aromatic nitrogens is 2. The van der Waals surface area contributed by atoms with Crippen molar-refractivity contribution < 1.29 is 9.21 Å². The first kappa shape index (κ1) is 17.7. The predicted octanol–water partition coefficient (Wildman–Crippen LogP) is 3.28. The molecule has 29 heavy (non-hydrogen) atoms. The Kier molecular flexibility index (Phi) is 4.62. The Balaban J connectivity index is 1.50. The summed E-state index contributed by atoms with van der Waals surface area (Å²) < 4.78 is 8.05. The molecule has 4 aromatic rings. The second kappa shape index (κ2) is 7.56. The van der Waals surface area contributed by atoms with Crippen LogP contribution < -0.4 is 5.32 Å². The summed E-state index contributed by atoms with van der Waals surface area (Å²) in [5.74, 6) is 0.827. The molecule has 6 heteroatoms. The van der Waals surface area contributed by atoms with Crippen molar-refractivity contribution in [3.63, 3.8) is 0 Å². The summed E-state index contributed by atoms with van der Waals surface area (Å²) in [6.45, 7) is 3.26. The topological polar surface area (TPSA) is 63.3 Å². The first-order valence-electron chi connectivity index (χ1n) is 9.83. The number of nitrogens with zero attached hydrogens (tertiary/aromatic N) is 3. The minimum atomic E-state index is 0.0678. The van der Waals surface area contributed by atoms with E-state index >= 15 is 0 Å². The van der Waals surface area contributed by atoms with Crippen molar-refractivity contribution in [2.24, 2.45) is 0 Å². The van der Waals surface area contributed by atoms with Gasteiger partial charge < -0.3 is 9.73 Å². The van der Waals surface area contributed by atoms with Crippen LogP contribution in [0.2, 0.25) is 0 Å². The van der Waals surface area contributed by atoms with Gasteiger partial charge in [0.15, 0.2) is 5.76 Å². The molecule has 0 atom stereocenters. The molecule has 0 bridgehead atoms. The first-order chi connectivity index (χ1) is 14.2. The van der Waals surface area contributed by atoms with Crippen molar-refractivity contribution in [3.05, 3.63) is 78.0 Å². The molecule has 146 valence electrons. The Morgan fingerprint density at radius 2 is 1.86 bits per heavy atom. The van der Waals surface area contributed by atoms with Gasteiger partial charge in [0, 0.05) is 36.8 Å². The standard InChI is InChI=1S/C23H22N4O2/c28-22-16-26(11-10-24-22)14-19-15-27(13-17-6-2-1-3-7-17)25-23(19)21-12-18-8-4-5-9-20(18)29-21/h1-9,12,15H,10-11,13-14,16H2,(H,24,28). The lowest BCUT2D eigenvalue weighted by Crippen LogP contribution is -2.47. The molecular formula is C23H22N4O2. The molecule has 3 heterocycles. The zero-order valence-electron chi connectivity index (χ0n) is 16.0. The van der Waals surface area contributed by atoms with E-state index in [-0.39, 0.29) is 5.91 Å². The maximum absolute atomic E-state index is 11.8. The highest BCUT2D eigenvalue weighted by molar-refractivity contribution is 5.82. The number of hydrogen-bond donors (Lipinski definition) is 1. The monoisotopic (exact) mass is 386 g/mol. The number of piperazine rings is 1. The number of fused-ring (bicyclic) bond motifs is 1. The normalized spacial score (nSPS) is 15.0. The van der Waals surface area contributed by atoms with Crippen LogP contribution in [-0.4, -0.2) is 40.2 Å². The fraction of sp³-hybridized carbons (Fsp3) is 0.217. The van der Waals surface area contributed by atoms with Gasteiger partial charge in [-0.25, -0.2) is 0 Å². The minimum Gasteiger partial charge on any atom is -0.454 e. The van der Waals surface area contributed by atoms with Crippen LogP contribution in [0.15, 0.2) is 71.3 Å². The third-order valence-electron chi connectivity index (χ3n) is 5.20. The summed E-state index contributed by atoms with van der Waals surface area (Å²) in [5.41, 5.74) is 3.94. The number of nitrogens with one attached hydrogen (secondary N) is 1. The number of benzene rings is 2. The molecule has 2 aromatic heterocycles. The third-order valence-corrected chi connectivity index (χ3v) is 5.20. The van der Waals surface area contributed by atoms with Crippen LogP contribution in [0.1, 0.15) is 11.1 Å².